The maximum absolute atomic E-state index is 12.5. The first-order valence-electron chi connectivity index (χ1n) is 7.81. The standard InChI is InChI=1S/C18H14N4O2S/c1-2-24-18(23)22-15-16(21-14-11-7-6-10-13(14)20-15)25-17(22)19-12-8-4-3-5-9-12/h3-11H,2H2,1H3. The average molecular weight is 350 g/mol. The zero-order valence-electron chi connectivity index (χ0n) is 13.4. The van der Waals surface area contributed by atoms with Crippen LogP contribution in [-0.4, -0.2) is 27.2 Å². The van der Waals surface area contributed by atoms with E-state index in [2.05, 4.69) is 15.0 Å². The normalized spacial score (nSPS) is 12.0. The second kappa shape index (κ2) is 6.45. The summed E-state index contributed by atoms with van der Waals surface area (Å²) in [6.45, 7) is 2.04. The molecule has 7 heteroatoms. The Morgan fingerprint density at radius 2 is 1.76 bits per heavy atom. The van der Waals surface area contributed by atoms with Gasteiger partial charge in [0, 0.05) is 0 Å². The fourth-order valence-corrected chi connectivity index (χ4v) is 3.40. The Morgan fingerprint density at radius 3 is 2.48 bits per heavy atom. The van der Waals surface area contributed by atoms with Crippen molar-refractivity contribution in [2.24, 2.45) is 4.99 Å². The fraction of sp³-hybridized carbons (Fsp3) is 0.111. The number of rotatable bonds is 2. The highest BCUT2D eigenvalue weighted by atomic mass is 32.1. The molecule has 0 bridgehead atoms. The molecule has 4 rings (SSSR count). The van der Waals surface area contributed by atoms with E-state index < -0.39 is 6.09 Å². The van der Waals surface area contributed by atoms with Crippen LogP contribution in [0.25, 0.3) is 21.5 Å². The highest BCUT2D eigenvalue weighted by Gasteiger charge is 2.17. The van der Waals surface area contributed by atoms with Gasteiger partial charge in [0.25, 0.3) is 0 Å². The van der Waals surface area contributed by atoms with Crippen LogP contribution in [0.1, 0.15) is 6.92 Å². The van der Waals surface area contributed by atoms with Crippen LogP contribution in [0, 0.1) is 0 Å². The van der Waals surface area contributed by atoms with E-state index >= 15 is 0 Å². The van der Waals surface area contributed by atoms with E-state index in [1.165, 1.54) is 15.9 Å². The largest absolute Gasteiger partial charge is 0.449 e. The average Bonchev–Trinajstić information content (AvgIpc) is 2.97. The van der Waals surface area contributed by atoms with E-state index in [1.54, 1.807) is 6.92 Å². The summed E-state index contributed by atoms with van der Waals surface area (Å²) in [5.74, 6) is 0. The first-order chi connectivity index (χ1) is 12.3. The summed E-state index contributed by atoms with van der Waals surface area (Å²) in [7, 11) is 0. The van der Waals surface area contributed by atoms with Gasteiger partial charge in [0.15, 0.2) is 10.5 Å². The number of carbonyl (C=O) groups is 1. The van der Waals surface area contributed by atoms with E-state index in [0.717, 1.165) is 16.7 Å². The number of para-hydroxylation sites is 3. The van der Waals surface area contributed by atoms with Gasteiger partial charge in [0.2, 0.25) is 4.80 Å². The van der Waals surface area contributed by atoms with Crippen molar-refractivity contribution in [3.05, 3.63) is 59.4 Å². The first kappa shape index (κ1) is 15.5. The SMILES string of the molecule is CCOC(=O)n1c(=Nc2ccccc2)sc2nc3ccccc3nc21. The van der Waals surface area contributed by atoms with E-state index in [-0.39, 0.29) is 6.61 Å². The third-order valence-electron chi connectivity index (χ3n) is 3.54. The van der Waals surface area contributed by atoms with Crippen LogP contribution < -0.4 is 4.80 Å². The Bertz CT molecular complexity index is 1130. The Hall–Kier alpha value is -3.06. The van der Waals surface area contributed by atoms with Gasteiger partial charge >= 0.3 is 6.09 Å². The van der Waals surface area contributed by atoms with Gasteiger partial charge in [-0.25, -0.2) is 24.3 Å². The van der Waals surface area contributed by atoms with Gasteiger partial charge in [-0.3, -0.25) is 0 Å². The van der Waals surface area contributed by atoms with E-state index in [4.69, 9.17) is 4.74 Å². The van der Waals surface area contributed by atoms with Gasteiger partial charge in [-0.2, -0.15) is 0 Å². The zero-order chi connectivity index (χ0) is 17.2. The first-order valence-corrected chi connectivity index (χ1v) is 8.63. The quantitative estimate of drug-likeness (QED) is 0.550. The molecule has 0 saturated carbocycles. The monoisotopic (exact) mass is 350 g/mol. The summed E-state index contributed by atoms with van der Waals surface area (Å²) < 4.78 is 6.57. The minimum absolute atomic E-state index is 0.273. The lowest BCUT2D eigenvalue weighted by atomic mass is 10.3. The molecule has 2 aromatic carbocycles. The molecule has 0 amide bonds. The molecule has 0 fully saturated rings. The number of hydrogen-bond acceptors (Lipinski definition) is 6. The molecule has 6 nitrogen and oxygen atoms in total. The van der Waals surface area contributed by atoms with Crippen LogP contribution in [0.3, 0.4) is 0 Å². The fourth-order valence-electron chi connectivity index (χ4n) is 2.45. The molecule has 25 heavy (non-hydrogen) atoms. The smallest absolute Gasteiger partial charge is 0.422 e. The van der Waals surface area contributed by atoms with E-state index in [1.807, 2.05) is 54.6 Å². The second-order valence-corrected chi connectivity index (χ2v) is 6.16. The molecule has 0 aliphatic rings. The van der Waals surface area contributed by atoms with Crippen LogP contribution in [0.5, 0.6) is 0 Å². The van der Waals surface area contributed by atoms with Crippen molar-refractivity contribution in [1.82, 2.24) is 14.5 Å². The van der Waals surface area contributed by atoms with Crippen molar-refractivity contribution < 1.29 is 9.53 Å². The minimum Gasteiger partial charge on any atom is -0.449 e. The van der Waals surface area contributed by atoms with Crippen molar-refractivity contribution in [3.8, 4) is 0 Å². The molecule has 0 spiro atoms. The number of benzene rings is 2. The van der Waals surface area contributed by atoms with Crippen molar-refractivity contribution in [3.63, 3.8) is 0 Å². The predicted molar refractivity (Wildman–Crippen MR) is 97.0 cm³/mol. The molecular weight excluding hydrogens is 336 g/mol. The van der Waals surface area contributed by atoms with E-state index in [0.29, 0.717) is 15.3 Å². The second-order valence-electron chi connectivity index (χ2n) is 5.21. The van der Waals surface area contributed by atoms with Gasteiger partial charge in [0.1, 0.15) is 0 Å². The van der Waals surface area contributed by atoms with Gasteiger partial charge in [-0.05, 0) is 31.2 Å². The molecule has 0 atom stereocenters. The van der Waals surface area contributed by atoms with Crippen molar-refractivity contribution in [2.45, 2.75) is 6.92 Å². The lowest BCUT2D eigenvalue weighted by Crippen LogP contribution is -2.24. The number of ether oxygens (including phenoxy) is 1. The van der Waals surface area contributed by atoms with Crippen LogP contribution >= 0.6 is 11.3 Å². The highest BCUT2D eigenvalue weighted by Crippen LogP contribution is 2.19. The third kappa shape index (κ3) is 2.89. The molecule has 2 aromatic heterocycles. The van der Waals surface area contributed by atoms with Crippen LogP contribution in [0.4, 0.5) is 10.5 Å². The molecule has 0 saturated heterocycles. The molecular formula is C18H14N4O2S. The number of nitrogens with zero attached hydrogens (tertiary/aromatic N) is 4. The van der Waals surface area contributed by atoms with Crippen LogP contribution in [0.2, 0.25) is 0 Å². The number of hydrogen-bond donors (Lipinski definition) is 0. The molecule has 4 aromatic rings. The molecule has 0 radical (unpaired) electrons. The number of aromatic nitrogens is 3. The minimum atomic E-state index is -0.506. The summed E-state index contributed by atoms with van der Waals surface area (Å²) in [4.78, 5) is 27.4. The molecule has 0 N–H and O–H groups in total. The number of thiazole rings is 1. The molecule has 0 aliphatic carbocycles. The van der Waals surface area contributed by atoms with Gasteiger partial charge < -0.3 is 4.74 Å². The van der Waals surface area contributed by atoms with E-state index in [9.17, 15) is 4.79 Å². The molecule has 0 unspecified atom stereocenters. The van der Waals surface area contributed by atoms with Crippen LogP contribution in [-0.2, 0) is 4.74 Å². The third-order valence-corrected chi connectivity index (χ3v) is 4.47. The number of fused-ring (bicyclic) bond motifs is 2. The van der Waals surface area contributed by atoms with Gasteiger partial charge in [0.05, 0.1) is 23.3 Å². The summed E-state index contributed by atoms with van der Waals surface area (Å²) in [6, 6.07) is 17.0. The summed E-state index contributed by atoms with van der Waals surface area (Å²) in [5, 5.41) is 0. The van der Waals surface area contributed by atoms with Crippen molar-refractivity contribution >= 4 is 44.6 Å². The predicted octanol–water partition coefficient (Wildman–Crippen LogP) is 3.88. The van der Waals surface area contributed by atoms with Gasteiger partial charge in [-0.1, -0.05) is 41.7 Å². The van der Waals surface area contributed by atoms with Gasteiger partial charge in [-0.15, -0.1) is 0 Å². The summed E-state index contributed by atoms with van der Waals surface area (Å²) in [5.41, 5.74) is 2.70. The number of carbonyl (C=O) groups excluding carboxylic acids is 1. The van der Waals surface area contributed by atoms with Crippen LogP contribution in [0.15, 0.2) is 59.6 Å². The lowest BCUT2D eigenvalue weighted by molar-refractivity contribution is 0.154. The zero-order valence-corrected chi connectivity index (χ0v) is 14.2. The summed E-state index contributed by atoms with van der Waals surface area (Å²) >= 11 is 1.31. The Labute approximate surface area is 147 Å². The summed E-state index contributed by atoms with van der Waals surface area (Å²) in [6.07, 6.45) is -0.506. The Morgan fingerprint density at radius 1 is 1.08 bits per heavy atom. The van der Waals surface area contributed by atoms with Crippen molar-refractivity contribution in [1.29, 1.82) is 0 Å². The Balaban J connectivity index is 2.03. The maximum atomic E-state index is 12.5. The van der Waals surface area contributed by atoms with Crippen molar-refractivity contribution in [2.75, 3.05) is 6.61 Å². The topological polar surface area (TPSA) is 69.4 Å². The maximum Gasteiger partial charge on any atom is 0.422 e. The highest BCUT2D eigenvalue weighted by molar-refractivity contribution is 7.16. The molecule has 124 valence electrons. The molecule has 0 aliphatic heterocycles. The Kier molecular flexibility index (Phi) is 3.99. The lowest BCUT2D eigenvalue weighted by Gasteiger charge is -2.03. The molecule has 2 heterocycles.